The van der Waals surface area contributed by atoms with E-state index < -0.39 is 0 Å². The minimum atomic E-state index is 0.0562. The third-order valence-corrected chi connectivity index (χ3v) is 1.51. The van der Waals surface area contributed by atoms with Crippen LogP contribution in [-0.4, -0.2) is 10.9 Å². The molecule has 1 rings (SSSR count). The summed E-state index contributed by atoms with van der Waals surface area (Å²) in [6.07, 6.45) is 2.24. The molecule has 92 valence electrons. The molecular formula is C13H24N2O. The smallest absolute Gasteiger partial charge is 0.220 e. The number of pyridine rings is 1. The molecule has 0 aliphatic heterocycles. The van der Waals surface area contributed by atoms with Crippen molar-refractivity contribution in [3.63, 3.8) is 0 Å². The first kappa shape index (κ1) is 17.0. The maximum atomic E-state index is 10.8. The molecule has 0 saturated heterocycles. The molecule has 1 N–H and O–H groups in total. The van der Waals surface area contributed by atoms with Crippen LogP contribution in [0.4, 0.5) is 0 Å². The quantitative estimate of drug-likeness (QED) is 0.857. The Bertz CT molecular complexity index is 247. The second-order valence-electron chi connectivity index (χ2n) is 2.45. The Morgan fingerprint density at radius 1 is 1.25 bits per heavy atom. The summed E-state index contributed by atoms with van der Waals surface area (Å²) < 4.78 is 0. The van der Waals surface area contributed by atoms with Gasteiger partial charge in [0.2, 0.25) is 5.91 Å². The molecule has 0 fully saturated rings. The summed E-state index contributed by atoms with van der Waals surface area (Å²) >= 11 is 0. The highest BCUT2D eigenvalue weighted by atomic mass is 16.1. The van der Waals surface area contributed by atoms with Crippen molar-refractivity contribution in [2.45, 2.75) is 47.6 Å². The molecule has 0 saturated carbocycles. The number of nitrogens with one attached hydrogen (secondary N) is 1. The molecule has 16 heavy (non-hydrogen) atoms. The molecule has 1 aromatic heterocycles. The summed E-state index contributed by atoms with van der Waals surface area (Å²) in [5, 5.41) is 2.75. The lowest BCUT2D eigenvalue weighted by molar-refractivity contribution is -0.120. The van der Waals surface area contributed by atoms with E-state index in [9.17, 15) is 4.79 Å². The zero-order chi connectivity index (χ0) is 12.8. The summed E-state index contributed by atoms with van der Waals surface area (Å²) in [5.74, 6) is 0.0562. The van der Waals surface area contributed by atoms with Crippen molar-refractivity contribution >= 4 is 5.91 Å². The Hall–Kier alpha value is -1.38. The number of hydrogen-bond acceptors (Lipinski definition) is 2. The molecule has 0 aliphatic rings. The van der Waals surface area contributed by atoms with E-state index in [4.69, 9.17) is 0 Å². The van der Waals surface area contributed by atoms with Gasteiger partial charge in [0.1, 0.15) is 0 Å². The van der Waals surface area contributed by atoms with Crippen LogP contribution in [0.3, 0.4) is 0 Å². The van der Waals surface area contributed by atoms with Crippen LogP contribution in [0.25, 0.3) is 0 Å². The van der Waals surface area contributed by atoms with Gasteiger partial charge in [0.15, 0.2) is 0 Å². The minimum Gasteiger partial charge on any atom is -0.350 e. The maximum Gasteiger partial charge on any atom is 0.220 e. The van der Waals surface area contributed by atoms with E-state index in [-0.39, 0.29) is 5.91 Å². The van der Waals surface area contributed by atoms with Gasteiger partial charge in [-0.2, -0.15) is 0 Å². The van der Waals surface area contributed by atoms with E-state index in [1.807, 2.05) is 52.8 Å². The first-order valence-corrected chi connectivity index (χ1v) is 5.99. The molecule has 3 nitrogen and oxygen atoms in total. The average molecular weight is 224 g/mol. The second-order valence-corrected chi connectivity index (χ2v) is 2.45. The molecule has 0 bridgehead atoms. The predicted octanol–water partition coefficient (Wildman–Crippen LogP) is 3.16. The standard InChI is InChI=1S/C9H12N2O.2C2H6/c1-2-9(12)11-7-8-5-3-4-6-10-8;2*1-2/h3-6H,2,7H2,1H3,(H,11,12);2*1-2H3. The van der Waals surface area contributed by atoms with Gasteiger partial charge < -0.3 is 5.32 Å². The van der Waals surface area contributed by atoms with Crippen LogP contribution in [0.1, 0.15) is 46.7 Å². The summed E-state index contributed by atoms with van der Waals surface area (Å²) in [6.45, 7) is 10.3. The van der Waals surface area contributed by atoms with Gasteiger partial charge in [0.25, 0.3) is 0 Å². The van der Waals surface area contributed by atoms with Gasteiger partial charge >= 0.3 is 0 Å². The van der Waals surface area contributed by atoms with Crippen LogP contribution in [0.15, 0.2) is 24.4 Å². The lowest BCUT2D eigenvalue weighted by Gasteiger charge is -2.01. The lowest BCUT2D eigenvalue weighted by Crippen LogP contribution is -2.21. The molecule has 0 spiro atoms. The van der Waals surface area contributed by atoms with Crippen molar-refractivity contribution in [3.8, 4) is 0 Å². The van der Waals surface area contributed by atoms with Crippen LogP contribution >= 0.6 is 0 Å². The monoisotopic (exact) mass is 224 g/mol. The van der Waals surface area contributed by atoms with E-state index in [0.717, 1.165) is 5.69 Å². The molecule has 1 amide bonds. The molecule has 0 aliphatic carbocycles. The number of amides is 1. The fourth-order valence-electron chi connectivity index (χ4n) is 0.817. The van der Waals surface area contributed by atoms with E-state index in [2.05, 4.69) is 10.3 Å². The normalized spacial score (nSPS) is 7.81. The van der Waals surface area contributed by atoms with Crippen LogP contribution in [-0.2, 0) is 11.3 Å². The third kappa shape index (κ3) is 9.19. The Balaban J connectivity index is 0. The number of rotatable bonds is 3. The Morgan fingerprint density at radius 2 is 1.88 bits per heavy atom. The van der Waals surface area contributed by atoms with Gasteiger partial charge in [-0.25, -0.2) is 0 Å². The van der Waals surface area contributed by atoms with Crippen LogP contribution in [0.5, 0.6) is 0 Å². The van der Waals surface area contributed by atoms with E-state index >= 15 is 0 Å². The summed E-state index contributed by atoms with van der Waals surface area (Å²) in [6, 6.07) is 5.64. The third-order valence-electron chi connectivity index (χ3n) is 1.51. The molecule has 0 unspecified atom stereocenters. The zero-order valence-electron chi connectivity index (χ0n) is 11.1. The molecular weight excluding hydrogens is 200 g/mol. The summed E-state index contributed by atoms with van der Waals surface area (Å²) in [4.78, 5) is 14.9. The van der Waals surface area contributed by atoms with Crippen molar-refractivity contribution in [2.75, 3.05) is 0 Å². The Kier molecular flexibility index (Phi) is 14.5. The molecule has 0 atom stereocenters. The van der Waals surface area contributed by atoms with Gasteiger partial charge in [-0.05, 0) is 12.1 Å². The molecule has 1 aromatic rings. The number of nitrogens with zero attached hydrogens (tertiary/aromatic N) is 1. The van der Waals surface area contributed by atoms with Crippen LogP contribution < -0.4 is 5.32 Å². The maximum absolute atomic E-state index is 10.8. The van der Waals surface area contributed by atoms with Crippen molar-refractivity contribution in [2.24, 2.45) is 0 Å². The van der Waals surface area contributed by atoms with E-state index in [1.165, 1.54) is 0 Å². The van der Waals surface area contributed by atoms with Crippen molar-refractivity contribution in [3.05, 3.63) is 30.1 Å². The fourth-order valence-corrected chi connectivity index (χ4v) is 0.817. The van der Waals surface area contributed by atoms with Crippen LogP contribution in [0.2, 0.25) is 0 Å². The lowest BCUT2D eigenvalue weighted by atomic mass is 10.3. The van der Waals surface area contributed by atoms with Gasteiger partial charge in [-0.3, -0.25) is 9.78 Å². The SMILES string of the molecule is CC.CC.CCC(=O)NCc1ccccn1. The van der Waals surface area contributed by atoms with Crippen molar-refractivity contribution in [1.29, 1.82) is 0 Å². The van der Waals surface area contributed by atoms with Crippen molar-refractivity contribution < 1.29 is 4.79 Å². The minimum absolute atomic E-state index is 0.0562. The average Bonchev–Trinajstić information content (AvgIpc) is 2.41. The topological polar surface area (TPSA) is 42.0 Å². The highest BCUT2D eigenvalue weighted by Crippen LogP contribution is 1.91. The van der Waals surface area contributed by atoms with Gasteiger partial charge in [0, 0.05) is 12.6 Å². The predicted molar refractivity (Wildman–Crippen MR) is 69.1 cm³/mol. The number of aromatic nitrogens is 1. The molecule has 1 heterocycles. The summed E-state index contributed by atoms with van der Waals surface area (Å²) in [7, 11) is 0. The number of carbonyl (C=O) groups is 1. The largest absolute Gasteiger partial charge is 0.350 e. The second kappa shape index (κ2) is 13.6. The first-order chi connectivity index (χ1) is 7.83. The Labute approximate surface area is 99.3 Å². The molecule has 0 radical (unpaired) electrons. The molecule has 3 heteroatoms. The van der Waals surface area contributed by atoms with E-state index in [1.54, 1.807) is 6.20 Å². The van der Waals surface area contributed by atoms with Gasteiger partial charge in [-0.1, -0.05) is 40.7 Å². The highest BCUT2D eigenvalue weighted by Gasteiger charge is 1.96. The van der Waals surface area contributed by atoms with Gasteiger partial charge in [-0.15, -0.1) is 0 Å². The molecule has 0 aromatic carbocycles. The Morgan fingerprint density at radius 3 is 2.31 bits per heavy atom. The zero-order valence-corrected chi connectivity index (χ0v) is 11.1. The van der Waals surface area contributed by atoms with Crippen molar-refractivity contribution in [1.82, 2.24) is 10.3 Å². The van der Waals surface area contributed by atoms with E-state index in [0.29, 0.717) is 13.0 Å². The van der Waals surface area contributed by atoms with Crippen LogP contribution in [0, 0.1) is 0 Å². The number of hydrogen-bond donors (Lipinski definition) is 1. The first-order valence-electron chi connectivity index (χ1n) is 5.99. The fraction of sp³-hybridized carbons (Fsp3) is 0.538. The van der Waals surface area contributed by atoms with Gasteiger partial charge in [0.05, 0.1) is 12.2 Å². The highest BCUT2D eigenvalue weighted by molar-refractivity contribution is 5.75. The summed E-state index contributed by atoms with van der Waals surface area (Å²) in [5.41, 5.74) is 0.888. The number of carbonyl (C=O) groups excluding carboxylic acids is 1.